The third-order valence-electron chi connectivity index (χ3n) is 2.20. The summed E-state index contributed by atoms with van der Waals surface area (Å²) < 4.78 is 10.9. The number of nitrogens with zero attached hydrogens (tertiary/aromatic N) is 2. The monoisotopic (exact) mass is 257 g/mol. The van der Waals surface area contributed by atoms with Crippen LogP contribution < -0.4 is 5.32 Å². The normalized spacial score (nSPS) is 14.0. The maximum absolute atomic E-state index is 10.9. The maximum Gasteiger partial charge on any atom is 0.386 e. The summed E-state index contributed by atoms with van der Waals surface area (Å²) in [5, 5.41) is 13.7. The van der Waals surface area contributed by atoms with Crippen molar-refractivity contribution in [2.24, 2.45) is 0 Å². The summed E-state index contributed by atoms with van der Waals surface area (Å²) in [5.74, 6) is 0.388. The highest BCUT2D eigenvalue weighted by molar-refractivity contribution is 7.84. The van der Waals surface area contributed by atoms with Crippen molar-refractivity contribution in [2.75, 3.05) is 17.3 Å². The lowest BCUT2D eigenvalue weighted by atomic mass is 10.2. The number of pyridine rings is 1. The average Bonchev–Trinajstić information content (AvgIpc) is 2.27. The Morgan fingerprint density at radius 1 is 1.65 bits per heavy atom. The summed E-state index contributed by atoms with van der Waals surface area (Å²) >= 11 is 0. The minimum atomic E-state index is -0.848. The molecule has 0 bridgehead atoms. The van der Waals surface area contributed by atoms with Gasteiger partial charge in [-0.1, -0.05) is 0 Å². The SMILES string of the molecule is CC(CCS(C)=O)Nc1cccnc1[N+](=O)[O-]. The number of hydrogen-bond acceptors (Lipinski definition) is 5. The van der Waals surface area contributed by atoms with Crippen molar-refractivity contribution in [1.82, 2.24) is 4.98 Å². The van der Waals surface area contributed by atoms with E-state index in [0.29, 0.717) is 17.9 Å². The van der Waals surface area contributed by atoms with Gasteiger partial charge in [0.1, 0.15) is 11.9 Å². The van der Waals surface area contributed by atoms with Crippen LogP contribution in [0.1, 0.15) is 13.3 Å². The molecule has 0 saturated heterocycles. The highest BCUT2D eigenvalue weighted by Gasteiger charge is 2.15. The second kappa shape index (κ2) is 6.29. The zero-order valence-electron chi connectivity index (χ0n) is 9.75. The van der Waals surface area contributed by atoms with Gasteiger partial charge in [0, 0.05) is 28.9 Å². The quantitative estimate of drug-likeness (QED) is 0.617. The molecule has 0 radical (unpaired) electrons. The van der Waals surface area contributed by atoms with E-state index in [1.54, 1.807) is 18.4 Å². The molecular weight excluding hydrogens is 242 g/mol. The van der Waals surface area contributed by atoms with Crippen LogP contribution >= 0.6 is 0 Å². The first kappa shape index (κ1) is 13.6. The molecule has 94 valence electrons. The van der Waals surface area contributed by atoms with Crippen LogP contribution in [0.3, 0.4) is 0 Å². The first-order chi connectivity index (χ1) is 8.00. The van der Waals surface area contributed by atoms with Crippen molar-refractivity contribution >= 4 is 22.3 Å². The summed E-state index contributed by atoms with van der Waals surface area (Å²) in [6, 6.07) is 3.27. The van der Waals surface area contributed by atoms with Gasteiger partial charge in [0.2, 0.25) is 0 Å². The van der Waals surface area contributed by atoms with Crippen molar-refractivity contribution in [2.45, 2.75) is 19.4 Å². The van der Waals surface area contributed by atoms with E-state index in [0.717, 1.165) is 0 Å². The molecular formula is C10H15N3O3S. The molecule has 17 heavy (non-hydrogen) atoms. The minimum Gasteiger partial charge on any atom is -0.376 e. The smallest absolute Gasteiger partial charge is 0.376 e. The fourth-order valence-corrected chi connectivity index (χ4v) is 2.02. The van der Waals surface area contributed by atoms with Gasteiger partial charge < -0.3 is 15.4 Å². The van der Waals surface area contributed by atoms with Gasteiger partial charge in [-0.25, -0.2) is 0 Å². The van der Waals surface area contributed by atoms with E-state index in [-0.39, 0.29) is 11.9 Å². The molecule has 0 aliphatic heterocycles. The molecule has 7 heteroatoms. The Balaban J connectivity index is 2.67. The zero-order valence-corrected chi connectivity index (χ0v) is 10.6. The van der Waals surface area contributed by atoms with Gasteiger partial charge in [-0.2, -0.15) is 0 Å². The molecule has 6 nitrogen and oxygen atoms in total. The van der Waals surface area contributed by atoms with E-state index in [2.05, 4.69) is 10.3 Å². The molecule has 0 fully saturated rings. The van der Waals surface area contributed by atoms with Crippen LogP contribution in [0.4, 0.5) is 11.5 Å². The van der Waals surface area contributed by atoms with Crippen LogP contribution in [-0.2, 0) is 10.8 Å². The van der Waals surface area contributed by atoms with Gasteiger partial charge in [-0.15, -0.1) is 0 Å². The molecule has 2 unspecified atom stereocenters. The Bertz CT molecular complexity index is 425. The second-order valence-corrected chi connectivity index (χ2v) is 5.30. The molecule has 1 heterocycles. The van der Waals surface area contributed by atoms with Gasteiger partial charge in [0.05, 0.1) is 0 Å². The average molecular weight is 257 g/mol. The summed E-state index contributed by atoms with van der Waals surface area (Å²) in [6.07, 6.45) is 3.71. The first-order valence-corrected chi connectivity index (χ1v) is 6.89. The van der Waals surface area contributed by atoms with Crippen molar-refractivity contribution < 1.29 is 9.13 Å². The van der Waals surface area contributed by atoms with E-state index < -0.39 is 15.7 Å². The number of rotatable bonds is 6. The van der Waals surface area contributed by atoms with E-state index in [1.807, 2.05) is 6.92 Å². The summed E-state index contributed by atoms with van der Waals surface area (Å²) in [6.45, 7) is 1.89. The zero-order chi connectivity index (χ0) is 12.8. The predicted molar refractivity (Wildman–Crippen MR) is 67.5 cm³/mol. The maximum atomic E-state index is 10.9. The standard InChI is InChI=1S/C10H15N3O3S/c1-8(5-7-17(2)16)12-9-4-3-6-11-10(9)13(14)15/h3-4,6,8,12H,5,7H2,1-2H3. The number of anilines is 1. The molecule has 0 aromatic carbocycles. The topological polar surface area (TPSA) is 85.1 Å². The summed E-state index contributed by atoms with van der Waals surface area (Å²) in [5.41, 5.74) is 0.395. The van der Waals surface area contributed by atoms with E-state index in [4.69, 9.17) is 0 Å². The molecule has 1 aromatic rings. The van der Waals surface area contributed by atoms with Crippen molar-refractivity contribution in [3.63, 3.8) is 0 Å². The van der Waals surface area contributed by atoms with E-state index >= 15 is 0 Å². The van der Waals surface area contributed by atoms with Gasteiger partial charge in [0.25, 0.3) is 0 Å². The van der Waals surface area contributed by atoms with Crippen LogP contribution in [0.25, 0.3) is 0 Å². The fourth-order valence-electron chi connectivity index (χ4n) is 1.34. The van der Waals surface area contributed by atoms with Crippen molar-refractivity contribution in [1.29, 1.82) is 0 Å². The molecule has 1 N–H and O–H groups in total. The van der Waals surface area contributed by atoms with Gasteiger partial charge in [0.15, 0.2) is 0 Å². The molecule has 1 aromatic heterocycles. The Hall–Kier alpha value is -1.50. The molecule has 0 spiro atoms. The Kier molecular flexibility index (Phi) is 5.02. The molecule has 1 rings (SSSR count). The lowest BCUT2D eigenvalue weighted by Crippen LogP contribution is -2.18. The third kappa shape index (κ3) is 4.48. The molecule has 0 aliphatic carbocycles. The largest absolute Gasteiger partial charge is 0.386 e. The Labute approximate surface area is 102 Å². The molecule has 0 aliphatic rings. The minimum absolute atomic E-state index is 0.0156. The van der Waals surface area contributed by atoms with Gasteiger partial charge in [-0.3, -0.25) is 4.21 Å². The second-order valence-electron chi connectivity index (χ2n) is 3.74. The number of hydrogen-bond donors (Lipinski definition) is 1. The highest BCUT2D eigenvalue weighted by Crippen LogP contribution is 2.21. The molecule has 2 atom stereocenters. The van der Waals surface area contributed by atoms with E-state index in [1.165, 1.54) is 6.20 Å². The van der Waals surface area contributed by atoms with Gasteiger partial charge >= 0.3 is 5.82 Å². The summed E-state index contributed by atoms with van der Waals surface area (Å²) in [7, 11) is -0.848. The van der Waals surface area contributed by atoms with Crippen LogP contribution in [-0.4, -0.2) is 32.2 Å². The molecule has 0 saturated carbocycles. The highest BCUT2D eigenvalue weighted by atomic mass is 32.2. The van der Waals surface area contributed by atoms with Crippen LogP contribution in [0, 0.1) is 10.1 Å². The van der Waals surface area contributed by atoms with Crippen molar-refractivity contribution in [3.8, 4) is 0 Å². The molecule has 0 amide bonds. The lowest BCUT2D eigenvalue weighted by Gasteiger charge is -2.13. The number of nitrogens with one attached hydrogen (secondary N) is 1. The number of aromatic nitrogens is 1. The lowest BCUT2D eigenvalue weighted by molar-refractivity contribution is -0.388. The first-order valence-electron chi connectivity index (χ1n) is 5.16. The Morgan fingerprint density at radius 3 is 2.94 bits per heavy atom. The van der Waals surface area contributed by atoms with Crippen LogP contribution in [0.15, 0.2) is 18.3 Å². The van der Waals surface area contributed by atoms with Crippen LogP contribution in [0.2, 0.25) is 0 Å². The summed E-state index contributed by atoms with van der Waals surface area (Å²) in [4.78, 5) is 13.9. The van der Waals surface area contributed by atoms with Gasteiger partial charge in [-0.05, 0) is 35.4 Å². The van der Waals surface area contributed by atoms with Crippen LogP contribution in [0.5, 0.6) is 0 Å². The predicted octanol–water partition coefficient (Wildman–Crippen LogP) is 1.56. The van der Waals surface area contributed by atoms with Crippen molar-refractivity contribution in [3.05, 3.63) is 28.4 Å². The number of nitro groups is 1. The van der Waals surface area contributed by atoms with E-state index in [9.17, 15) is 14.3 Å². The Morgan fingerprint density at radius 2 is 2.35 bits per heavy atom. The third-order valence-corrected chi connectivity index (χ3v) is 3.01. The fraction of sp³-hybridized carbons (Fsp3) is 0.500.